The largest absolute Gasteiger partial charge is 0.338 e. The maximum Gasteiger partial charge on any atom is 0.240 e. The number of nitrogens with two attached hydrogens (primary N) is 1. The summed E-state index contributed by atoms with van der Waals surface area (Å²) < 4.78 is 4.94. The monoisotopic (exact) mass is 182 g/mol. The van der Waals surface area contributed by atoms with Gasteiger partial charge in [-0.3, -0.25) is 0 Å². The van der Waals surface area contributed by atoms with E-state index in [0.717, 1.165) is 18.8 Å². The van der Waals surface area contributed by atoms with Crippen molar-refractivity contribution in [2.45, 2.75) is 31.8 Å². The number of rotatable bonds is 2. The average Bonchev–Trinajstić information content (AvgIpc) is 2.67. The van der Waals surface area contributed by atoms with Crippen LogP contribution in [0.1, 0.15) is 37.0 Å². The Labute approximate surface area is 76.7 Å². The molecule has 0 aromatic carbocycles. The zero-order valence-electron chi connectivity index (χ0n) is 7.49. The summed E-state index contributed by atoms with van der Waals surface area (Å²) in [5.74, 6) is 1.27. The van der Waals surface area contributed by atoms with Crippen LogP contribution in [-0.4, -0.2) is 16.7 Å². The Kier molecular flexibility index (Phi) is 2.56. The summed E-state index contributed by atoms with van der Waals surface area (Å²) in [7, 11) is 0. The van der Waals surface area contributed by atoms with Crippen molar-refractivity contribution in [3.8, 4) is 0 Å². The van der Waals surface area contributed by atoms with Crippen molar-refractivity contribution in [1.29, 1.82) is 0 Å². The van der Waals surface area contributed by atoms with E-state index in [2.05, 4.69) is 15.5 Å². The van der Waals surface area contributed by atoms with Crippen molar-refractivity contribution >= 4 is 0 Å². The lowest BCUT2D eigenvalue weighted by Crippen LogP contribution is -2.27. The molecule has 1 aromatic rings. The first-order valence-corrected chi connectivity index (χ1v) is 4.66. The van der Waals surface area contributed by atoms with Crippen LogP contribution in [0.4, 0.5) is 0 Å². The van der Waals surface area contributed by atoms with Crippen LogP contribution in [0.15, 0.2) is 4.52 Å². The van der Waals surface area contributed by atoms with Crippen LogP contribution in [0.5, 0.6) is 0 Å². The SMILES string of the molecule is NCc1nc(C2CCCCN2)no1. The highest BCUT2D eigenvalue weighted by molar-refractivity contribution is 4.95. The molecule has 0 radical (unpaired) electrons. The average molecular weight is 182 g/mol. The zero-order valence-corrected chi connectivity index (χ0v) is 7.49. The normalized spacial score (nSPS) is 23.3. The van der Waals surface area contributed by atoms with Gasteiger partial charge in [-0.05, 0) is 19.4 Å². The number of aromatic nitrogens is 2. The van der Waals surface area contributed by atoms with Gasteiger partial charge in [-0.1, -0.05) is 11.6 Å². The van der Waals surface area contributed by atoms with Crippen LogP contribution in [0, 0.1) is 0 Å². The van der Waals surface area contributed by atoms with E-state index in [0.29, 0.717) is 12.4 Å². The fraction of sp³-hybridized carbons (Fsp3) is 0.750. The van der Waals surface area contributed by atoms with Crippen molar-refractivity contribution in [2.24, 2.45) is 5.73 Å². The highest BCUT2D eigenvalue weighted by atomic mass is 16.5. The van der Waals surface area contributed by atoms with Crippen LogP contribution in [0.25, 0.3) is 0 Å². The number of nitrogens with zero attached hydrogens (tertiary/aromatic N) is 2. The molecule has 3 N–H and O–H groups in total. The molecular formula is C8H14N4O. The molecule has 1 saturated heterocycles. The number of nitrogens with one attached hydrogen (secondary N) is 1. The summed E-state index contributed by atoms with van der Waals surface area (Å²) >= 11 is 0. The first-order chi connectivity index (χ1) is 6.40. The third kappa shape index (κ3) is 1.87. The summed E-state index contributed by atoms with van der Waals surface area (Å²) in [6, 6.07) is 0.262. The number of hydrogen-bond acceptors (Lipinski definition) is 5. The van der Waals surface area contributed by atoms with Gasteiger partial charge >= 0.3 is 0 Å². The second-order valence-electron chi connectivity index (χ2n) is 3.25. The summed E-state index contributed by atoms with van der Waals surface area (Å²) in [6.07, 6.45) is 3.55. The Balaban J connectivity index is 2.05. The first-order valence-electron chi connectivity index (χ1n) is 4.66. The molecule has 72 valence electrons. The minimum atomic E-state index is 0.262. The van der Waals surface area contributed by atoms with Gasteiger partial charge in [0, 0.05) is 0 Å². The van der Waals surface area contributed by atoms with Gasteiger partial charge in [-0.2, -0.15) is 4.98 Å². The third-order valence-corrected chi connectivity index (χ3v) is 2.28. The minimum Gasteiger partial charge on any atom is -0.338 e. The molecule has 0 amide bonds. The zero-order chi connectivity index (χ0) is 9.10. The highest BCUT2D eigenvalue weighted by Gasteiger charge is 2.19. The summed E-state index contributed by atoms with van der Waals surface area (Å²) in [5, 5.41) is 7.23. The Morgan fingerprint density at radius 3 is 3.08 bits per heavy atom. The van der Waals surface area contributed by atoms with Crippen molar-refractivity contribution in [1.82, 2.24) is 15.5 Å². The van der Waals surface area contributed by atoms with Crippen LogP contribution in [0.2, 0.25) is 0 Å². The molecule has 1 aromatic heterocycles. The predicted molar refractivity (Wildman–Crippen MR) is 46.8 cm³/mol. The van der Waals surface area contributed by atoms with Crippen LogP contribution < -0.4 is 11.1 Å². The van der Waals surface area contributed by atoms with E-state index in [-0.39, 0.29) is 6.04 Å². The molecule has 2 rings (SSSR count). The second-order valence-corrected chi connectivity index (χ2v) is 3.25. The van der Waals surface area contributed by atoms with Crippen LogP contribution in [0.3, 0.4) is 0 Å². The van der Waals surface area contributed by atoms with E-state index >= 15 is 0 Å². The smallest absolute Gasteiger partial charge is 0.240 e. The molecule has 1 fully saturated rings. The van der Waals surface area contributed by atoms with E-state index in [9.17, 15) is 0 Å². The molecule has 1 unspecified atom stereocenters. The molecule has 0 aliphatic carbocycles. The second kappa shape index (κ2) is 3.85. The molecule has 1 aliphatic heterocycles. The molecule has 1 atom stereocenters. The van der Waals surface area contributed by atoms with E-state index in [1.54, 1.807) is 0 Å². The molecule has 0 bridgehead atoms. The maximum absolute atomic E-state index is 5.38. The summed E-state index contributed by atoms with van der Waals surface area (Å²) in [5.41, 5.74) is 5.38. The van der Waals surface area contributed by atoms with Gasteiger partial charge in [-0.15, -0.1) is 0 Å². The van der Waals surface area contributed by atoms with Gasteiger partial charge in [0.25, 0.3) is 0 Å². The van der Waals surface area contributed by atoms with E-state index < -0.39 is 0 Å². The minimum absolute atomic E-state index is 0.262. The quantitative estimate of drug-likeness (QED) is 0.689. The number of hydrogen-bond donors (Lipinski definition) is 2. The predicted octanol–water partition coefficient (Wildman–Crippen LogP) is 0.343. The summed E-state index contributed by atoms with van der Waals surface area (Å²) in [4.78, 5) is 4.19. The van der Waals surface area contributed by atoms with Crippen LogP contribution >= 0.6 is 0 Å². The highest BCUT2D eigenvalue weighted by Crippen LogP contribution is 2.19. The van der Waals surface area contributed by atoms with Crippen molar-refractivity contribution in [2.75, 3.05) is 6.54 Å². The summed E-state index contributed by atoms with van der Waals surface area (Å²) in [6.45, 7) is 1.36. The Morgan fingerprint density at radius 2 is 2.46 bits per heavy atom. The molecule has 0 saturated carbocycles. The van der Waals surface area contributed by atoms with Gasteiger partial charge in [-0.25, -0.2) is 0 Å². The van der Waals surface area contributed by atoms with E-state index in [1.807, 2.05) is 0 Å². The van der Waals surface area contributed by atoms with Gasteiger partial charge in [0.05, 0.1) is 12.6 Å². The Hall–Kier alpha value is -0.940. The van der Waals surface area contributed by atoms with Crippen molar-refractivity contribution in [3.05, 3.63) is 11.7 Å². The van der Waals surface area contributed by atoms with Crippen LogP contribution in [-0.2, 0) is 6.54 Å². The molecule has 1 aliphatic rings. The van der Waals surface area contributed by atoms with Gasteiger partial charge < -0.3 is 15.6 Å². The third-order valence-electron chi connectivity index (χ3n) is 2.28. The lowest BCUT2D eigenvalue weighted by molar-refractivity contribution is 0.349. The Bertz CT molecular complexity index is 267. The van der Waals surface area contributed by atoms with E-state index in [4.69, 9.17) is 10.3 Å². The van der Waals surface area contributed by atoms with Gasteiger partial charge in [0.15, 0.2) is 5.82 Å². The van der Waals surface area contributed by atoms with Gasteiger partial charge in [0.2, 0.25) is 5.89 Å². The fourth-order valence-electron chi connectivity index (χ4n) is 1.56. The Morgan fingerprint density at radius 1 is 1.54 bits per heavy atom. The molecule has 2 heterocycles. The number of piperidine rings is 1. The first kappa shape index (κ1) is 8.65. The molecule has 13 heavy (non-hydrogen) atoms. The lowest BCUT2D eigenvalue weighted by Gasteiger charge is -2.19. The molecule has 5 nitrogen and oxygen atoms in total. The van der Waals surface area contributed by atoms with E-state index in [1.165, 1.54) is 12.8 Å². The maximum atomic E-state index is 5.38. The molecular weight excluding hydrogens is 168 g/mol. The van der Waals surface area contributed by atoms with Crippen molar-refractivity contribution < 1.29 is 4.52 Å². The van der Waals surface area contributed by atoms with Crippen molar-refractivity contribution in [3.63, 3.8) is 0 Å². The lowest BCUT2D eigenvalue weighted by atomic mass is 10.0. The molecule has 0 spiro atoms. The molecule has 5 heteroatoms. The standard InChI is InChI=1S/C8H14N4O/c9-5-7-11-8(12-13-7)6-3-1-2-4-10-6/h6,10H,1-5,9H2. The fourth-order valence-corrected chi connectivity index (χ4v) is 1.56. The topological polar surface area (TPSA) is 77.0 Å². The van der Waals surface area contributed by atoms with Gasteiger partial charge in [0.1, 0.15) is 0 Å².